The third kappa shape index (κ3) is 4.68. The highest BCUT2D eigenvalue weighted by Gasteiger charge is 2.24. The van der Waals surface area contributed by atoms with E-state index in [1.807, 2.05) is 60.4 Å². The number of hydrogen-bond donors (Lipinski definition) is 2. The number of benzene rings is 2. The zero-order valence-corrected chi connectivity index (χ0v) is 17.0. The van der Waals surface area contributed by atoms with Crippen LogP contribution in [0.1, 0.15) is 34.7 Å². The van der Waals surface area contributed by atoms with Gasteiger partial charge in [-0.25, -0.2) is 0 Å². The summed E-state index contributed by atoms with van der Waals surface area (Å²) in [4.78, 5) is 19.1. The molecular weight excluding hydrogens is 380 g/mol. The lowest BCUT2D eigenvalue weighted by molar-refractivity contribution is 0.0621. The maximum absolute atomic E-state index is 12.9. The van der Waals surface area contributed by atoms with Crippen molar-refractivity contribution in [2.24, 2.45) is 5.92 Å². The van der Waals surface area contributed by atoms with Crippen LogP contribution in [0, 0.1) is 12.8 Å². The highest BCUT2D eigenvalue weighted by atomic mass is 16.5. The van der Waals surface area contributed by atoms with Gasteiger partial charge in [0, 0.05) is 36.5 Å². The maximum atomic E-state index is 12.9. The van der Waals surface area contributed by atoms with Crippen molar-refractivity contribution in [2.75, 3.05) is 25.0 Å². The first kappa shape index (κ1) is 20.1. The number of piperidine rings is 1. The Labute approximate surface area is 175 Å². The molecule has 0 radical (unpaired) electrons. The summed E-state index contributed by atoms with van der Waals surface area (Å²) in [5.74, 6) is 1.20. The van der Waals surface area contributed by atoms with E-state index in [1.54, 1.807) is 0 Å². The lowest BCUT2D eigenvalue weighted by Crippen LogP contribution is -2.40. The van der Waals surface area contributed by atoms with Crippen LogP contribution in [0.2, 0.25) is 0 Å². The quantitative estimate of drug-likeness (QED) is 0.651. The number of carbonyl (C=O) groups is 1. The number of rotatable bonds is 6. The van der Waals surface area contributed by atoms with E-state index in [0.717, 1.165) is 36.2 Å². The van der Waals surface area contributed by atoms with Crippen LogP contribution < -0.4 is 5.32 Å². The van der Waals surface area contributed by atoms with Gasteiger partial charge in [0.05, 0.1) is 6.54 Å². The fourth-order valence-corrected chi connectivity index (χ4v) is 3.75. The molecular formula is C23H26N4O3. The van der Waals surface area contributed by atoms with E-state index in [-0.39, 0.29) is 18.4 Å². The number of hydrogen-bond acceptors (Lipinski definition) is 6. The average Bonchev–Trinajstić information content (AvgIpc) is 3.27. The van der Waals surface area contributed by atoms with Gasteiger partial charge in [0.25, 0.3) is 5.91 Å². The van der Waals surface area contributed by atoms with Gasteiger partial charge in [0.2, 0.25) is 11.7 Å². The Balaban J connectivity index is 1.40. The number of amides is 1. The van der Waals surface area contributed by atoms with Crippen molar-refractivity contribution in [3.05, 3.63) is 65.5 Å². The number of aromatic nitrogens is 2. The summed E-state index contributed by atoms with van der Waals surface area (Å²) >= 11 is 0. The third-order valence-electron chi connectivity index (χ3n) is 5.36. The van der Waals surface area contributed by atoms with Gasteiger partial charge in [-0.3, -0.25) is 4.79 Å². The summed E-state index contributed by atoms with van der Waals surface area (Å²) in [6, 6.07) is 15.4. The molecule has 156 valence electrons. The Bertz CT molecular complexity index is 1020. The van der Waals surface area contributed by atoms with E-state index in [1.165, 1.54) is 0 Å². The number of anilines is 1. The van der Waals surface area contributed by atoms with Gasteiger partial charge < -0.3 is 19.8 Å². The molecule has 2 heterocycles. The number of carbonyl (C=O) groups excluding carboxylic acids is 1. The van der Waals surface area contributed by atoms with Gasteiger partial charge >= 0.3 is 0 Å². The predicted octanol–water partition coefficient (Wildman–Crippen LogP) is 3.50. The van der Waals surface area contributed by atoms with Crippen LogP contribution >= 0.6 is 0 Å². The summed E-state index contributed by atoms with van der Waals surface area (Å²) in [7, 11) is 0. The van der Waals surface area contributed by atoms with Gasteiger partial charge in [-0.1, -0.05) is 35.0 Å². The first-order chi connectivity index (χ1) is 14.6. The summed E-state index contributed by atoms with van der Waals surface area (Å²) < 4.78 is 5.36. The molecule has 1 aromatic heterocycles. The minimum absolute atomic E-state index is 0.00340. The summed E-state index contributed by atoms with van der Waals surface area (Å²) in [5, 5.41) is 16.7. The van der Waals surface area contributed by atoms with Gasteiger partial charge in [0.1, 0.15) is 0 Å². The molecule has 2 aromatic carbocycles. The monoisotopic (exact) mass is 406 g/mol. The molecule has 1 saturated heterocycles. The van der Waals surface area contributed by atoms with Crippen molar-refractivity contribution in [1.29, 1.82) is 0 Å². The topological polar surface area (TPSA) is 91.5 Å². The highest BCUT2D eigenvalue weighted by Crippen LogP contribution is 2.21. The van der Waals surface area contributed by atoms with Crippen LogP contribution in [0.15, 0.2) is 53.1 Å². The Morgan fingerprint density at radius 1 is 1.27 bits per heavy atom. The zero-order chi connectivity index (χ0) is 20.9. The standard InChI is InChI=1S/C23H26N4O3/c1-16-5-2-7-18(11-16)22-25-21(30-26-22)13-24-20-9-3-8-19(12-20)23(29)27-10-4-6-17(14-27)15-28/h2-3,5,7-9,11-12,17,24,28H,4,6,10,13-15H2,1H3. The highest BCUT2D eigenvalue weighted by molar-refractivity contribution is 5.95. The van der Waals surface area contributed by atoms with Crippen LogP contribution in [0.25, 0.3) is 11.4 Å². The third-order valence-corrected chi connectivity index (χ3v) is 5.36. The first-order valence-electron chi connectivity index (χ1n) is 10.3. The molecule has 4 rings (SSSR count). The molecule has 0 saturated carbocycles. The fourth-order valence-electron chi connectivity index (χ4n) is 3.75. The van der Waals surface area contributed by atoms with Gasteiger partial charge in [-0.05, 0) is 49.9 Å². The SMILES string of the molecule is Cc1cccc(-c2noc(CNc3cccc(C(=O)N4CCCC(CO)C4)c3)n2)c1. The van der Waals surface area contributed by atoms with E-state index in [2.05, 4.69) is 15.5 Å². The first-order valence-corrected chi connectivity index (χ1v) is 10.3. The van der Waals surface area contributed by atoms with E-state index in [0.29, 0.717) is 30.4 Å². The molecule has 1 amide bonds. The molecule has 1 aliphatic rings. The lowest BCUT2D eigenvalue weighted by Gasteiger charge is -2.32. The Morgan fingerprint density at radius 3 is 2.97 bits per heavy atom. The Hall–Kier alpha value is -3.19. The van der Waals surface area contributed by atoms with Crippen molar-refractivity contribution in [3.8, 4) is 11.4 Å². The van der Waals surface area contributed by atoms with E-state index >= 15 is 0 Å². The Morgan fingerprint density at radius 2 is 2.13 bits per heavy atom. The van der Waals surface area contributed by atoms with Crippen LogP contribution in [-0.2, 0) is 6.54 Å². The maximum Gasteiger partial charge on any atom is 0.253 e. The van der Waals surface area contributed by atoms with Crippen molar-refractivity contribution < 1.29 is 14.4 Å². The molecule has 3 aromatic rings. The summed E-state index contributed by atoms with van der Waals surface area (Å²) in [6.07, 6.45) is 1.89. The van der Waals surface area contributed by atoms with E-state index in [9.17, 15) is 9.90 Å². The molecule has 7 heteroatoms. The van der Waals surface area contributed by atoms with Crippen LogP contribution in [0.5, 0.6) is 0 Å². The smallest absolute Gasteiger partial charge is 0.253 e. The molecule has 7 nitrogen and oxygen atoms in total. The molecule has 1 fully saturated rings. The number of aliphatic hydroxyl groups is 1. The molecule has 0 spiro atoms. The van der Waals surface area contributed by atoms with E-state index in [4.69, 9.17) is 4.52 Å². The molecule has 1 atom stereocenters. The number of nitrogens with zero attached hydrogens (tertiary/aromatic N) is 3. The molecule has 30 heavy (non-hydrogen) atoms. The average molecular weight is 406 g/mol. The second-order valence-corrected chi connectivity index (χ2v) is 7.76. The molecule has 1 unspecified atom stereocenters. The molecule has 2 N–H and O–H groups in total. The number of nitrogens with one attached hydrogen (secondary N) is 1. The summed E-state index contributed by atoms with van der Waals surface area (Å²) in [5.41, 5.74) is 3.49. The number of aliphatic hydroxyl groups excluding tert-OH is 1. The van der Waals surface area contributed by atoms with Crippen molar-refractivity contribution in [3.63, 3.8) is 0 Å². The predicted molar refractivity (Wildman–Crippen MR) is 114 cm³/mol. The minimum atomic E-state index is -0.00340. The largest absolute Gasteiger partial charge is 0.396 e. The second kappa shape index (κ2) is 9.09. The van der Waals surface area contributed by atoms with Crippen LogP contribution in [-0.4, -0.2) is 45.8 Å². The van der Waals surface area contributed by atoms with Crippen molar-refractivity contribution >= 4 is 11.6 Å². The fraction of sp³-hybridized carbons (Fsp3) is 0.348. The second-order valence-electron chi connectivity index (χ2n) is 7.76. The number of likely N-dealkylation sites (tertiary alicyclic amines) is 1. The molecule has 0 bridgehead atoms. The molecule has 1 aliphatic heterocycles. The zero-order valence-electron chi connectivity index (χ0n) is 17.0. The minimum Gasteiger partial charge on any atom is -0.396 e. The van der Waals surface area contributed by atoms with E-state index < -0.39 is 0 Å². The van der Waals surface area contributed by atoms with Gasteiger partial charge in [-0.15, -0.1) is 0 Å². The normalized spacial score (nSPS) is 16.5. The van der Waals surface area contributed by atoms with Gasteiger partial charge in [-0.2, -0.15) is 4.98 Å². The van der Waals surface area contributed by atoms with Gasteiger partial charge in [0.15, 0.2) is 0 Å². The number of aryl methyl sites for hydroxylation is 1. The Kier molecular flexibility index (Phi) is 6.09. The molecule has 0 aliphatic carbocycles. The van der Waals surface area contributed by atoms with Crippen molar-refractivity contribution in [2.45, 2.75) is 26.3 Å². The summed E-state index contributed by atoms with van der Waals surface area (Å²) in [6.45, 7) is 3.86. The van der Waals surface area contributed by atoms with Crippen LogP contribution in [0.4, 0.5) is 5.69 Å². The lowest BCUT2D eigenvalue weighted by atomic mass is 9.98. The van der Waals surface area contributed by atoms with Crippen LogP contribution in [0.3, 0.4) is 0 Å². The van der Waals surface area contributed by atoms with Crippen molar-refractivity contribution in [1.82, 2.24) is 15.0 Å².